The van der Waals surface area contributed by atoms with Crippen molar-refractivity contribution in [3.8, 4) is 0 Å². The fourth-order valence-corrected chi connectivity index (χ4v) is 3.50. The Hall–Kier alpha value is -3.36. The molecule has 0 saturated carbocycles. The van der Waals surface area contributed by atoms with Gasteiger partial charge >= 0.3 is 11.7 Å². The van der Waals surface area contributed by atoms with Crippen molar-refractivity contribution in [2.24, 2.45) is 14.1 Å². The van der Waals surface area contributed by atoms with E-state index in [9.17, 15) is 14.4 Å². The van der Waals surface area contributed by atoms with Gasteiger partial charge in [-0.1, -0.05) is 30.3 Å². The highest BCUT2D eigenvalue weighted by atomic mass is 16.5. The van der Waals surface area contributed by atoms with E-state index in [0.717, 1.165) is 16.6 Å². The average molecular weight is 383 g/mol. The van der Waals surface area contributed by atoms with E-state index in [0.29, 0.717) is 30.2 Å². The summed E-state index contributed by atoms with van der Waals surface area (Å²) in [6, 6.07) is 9.47. The second-order valence-corrected chi connectivity index (χ2v) is 6.86. The molecule has 1 aliphatic heterocycles. The number of hydrogen-bond acceptors (Lipinski definition) is 6. The number of hydrogen-bond donors (Lipinski definition) is 0. The zero-order valence-corrected chi connectivity index (χ0v) is 15.8. The molecule has 9 heteroatoms. The lowest BCUT2D eigenvalue weighted by Gasteiger charge is -2.28. The van der Waals surface area contributed by atoms with Gasteiger partial charge in [0.15, 0.2) is 11.2 Å². The van der Waals surface area contributed by atoms with Crippen LogP contribution in [0, 0.1) is 0 Å². The van der Waals surface area contributed by atoms with E-state index in [1.165, 1.54) is 11.6 Å². The first-order chi connectivity index (χ1) is 13.5. The maximum atomic E-state index is 12.6. The molecule has 3 heterocycles. The van der Waals surface area contributed by atoms with Crippen LogP contribution in [0.4, 0.5) is 5.95 Å². The Bertz CT molecular complexity index is 1160. The van der Waals surface area contributed by atoms with Crippen molar-refractivity contribution in [2.75, 3.05) is 18.0 Å². The smallest absolute Gasteiger partial charge is 0.332 e. The summed E-state index contributed by atoms with van der Waals surface area (Å²) in [5.74, 6) is 0.141. The van der Waals surface area contributed by atoms with E-state index in [1.54, 1.807) is 16.5 Å². The SMILES string of the molecule is Cn1c(=O)c2c(nc3n2CCCN3CC(=O)OCc2ccccc2)n(C)c1=O. The molecule has 2 aromatic heterocycles. The third-order valence-corrected chi connectivity index (χ3v) is 4.98. The van der Waals surface area contributed by atoms with Crippen molar-refractivity contribution < 1.29 is 9.53 Å². The Balaban J connectivity index is 1.61. The van der Waals surface area contributed by atoms with E-state index < -0.39 is 5.69 Å². The molecule has 1 aromatic carbocycles. The summed E-state index contributed by atoms with van der Waals surface area (Å²) in [6.45, 7) is 1.47. The number of benzene rings is 1. The number of imidazole rings is 1. The van der Waals surface area contributed by atoms with Gasteiger partial charge < -0.3 is 14.2 Å². The summed E-state index contributed by atoms with van der Waals surface area (Å²) in [5.41, 5.74) is 0.807. The largest absolute Gasteiger partial charge is 0.459 e. The predicted octanol–water partition coefficient (Wildman–Crippen LogP) is 0.387. The number of rotatable bonds is 4. The van der Waals surface area contributed by atoms with Crippen molar-refractivity contribution >= 4 is 23.1 Å². The lowest BCUT2D eigenvalue weighted by Crippen LogP contribution is -2.39. The lowest BCUT2D eigenvalue weighted by molar-refractivity contribution is -0.143. The highest BCUT2D eigenvalue weighted by molar-refractivity contribution is 5.78. The van der Waals surface area contributed by atoms with E-state index in [-0.39, 0.29) is 24.7 Å². The van der Waals surface area contributed by atoms with E-state index in [1.807, 2.05) is 30.3 Å². The number of fused-ring (bicyclic) bond motifs is 3. The van der Waals surface area contributed by atoms with Gasteiger partial charge in [0.2, 0.25) is 5.95 Å². The van der Waals surface area contributed by atoms with Crippen LogP contribution in [0.2, 0.25) is 0 Å². The molecule has 0 saturated heterocycles. The molecule has 4 rings (SSSR count). The standard InChI is InChI=1S/C19H21N5O4/c1-21-16-15(17(26)22(2)19(21)27)24-10-6-9-23(18(24)20-16)11-14(25)28-12-13-7-4-3-5-8-13/h3-5,7-8H,6,9-12H2,1-2H3. The molecule has 0 radical (unpaired) electrons. The number of nitrogens with zero attached hydrogens (tertiary/aromatic N) is 5. The zero-order chi connectivity index (χ0) is 19.8. The van der Waals surface area contributed by atoms with Crippen LogP contribution in [-0.2, 0) is 36.8 Å². The molecule has 0 fully saturated rings. The van der Waals surface area contributed by atoms with Gasteiger partial charge in [-0.15, -0.1) is 0 Å². The van der Waals surface area contributed by atoms with Crippen LogP contribution in [0.5, 0.6) is 0 Å². The number of anilines is 1. The van der Waals surface area contributed by atoms with E-state index in [4.69, 9.17) is 4.74 Å². The van der Waals surface area contributed by atoms with Crippen LogP contribution in [0.25, 0.3) is 11.2 Å². The fraction of sp³-hybridized carbons (Fsp3) is 0.368. The first-order valence-electron chi connectivity index (χ1n) is 9.08. The average Bonchev–Trinajstić information content (AvgIpc) is 3.11. The molecule has 0 atom stereocenters. The molecule has 0 N–H and O–H groups in total. The normalized spacial score (nSPS) is 13.6. The van der Waals surface area contributed by atoms with Gasteiger partial charge in [-0.3, -0.25) is 18.7 Å². The van der Waals surface area contributed by atoms with Crippen LogP contribution < -0.4 is 16.1 Å². The van der Waals surface area contributed by atoms with Gasteiger partial charge in [-0.2, -0.15) is 4.98 Å². The Morgan fingerprint density at radius 2 is 1.86 bits per heavy atom. The fourth-order valence-electron chi connectivity index (χ4n) is 3.50. The van der Waals surface area contributed by atoms with Crippen LogP contribution in [0.1, 0.15) is 12.0 Å². The molecule has 9 nitrogen and oxygen atoms in total. The van der Waals surface area contributed by atoms with Crippen LogP contribution in [0.3, 0.4) is 0 Å². The number of aryl methyl sites for hydroxylation is 2. The first-order valence-corrected chi connectivity index (χ1v) is 9.08. The number of esters is 1. The molecule has 0 unspecified atom stereocenters. The number of ether oxygens (including phenoxy) is 1. The minimum absolute atomic E-state index is 0.0322. The molecule has 3 aromatic rings. The van der Waals surface area contributed by atoms with Crippen molar-refractivity contribution in [1.29, 1.82) is 0 Å². The Kier molecular flexibility index (Phi) is 4.50. The van der Waals surface area contributed by atoms with Gasteiger partial charge in [0.25, 0.3) is 5.56 Å². The van der Waals surface area contributed by atoms with E-state index in [2.05, 4.69) is 4.98 Å². The quantitative estimate of drug-likeness (QED) is 0.605. The Morgan fingerprint density at radius 3 is 2.61 bits per heavy atom. The summed E-state index contributed by atoms with van der Waals surface area (Å²) < 4.78 is 9.58. The van der Waals surface area contributed by atoms with Gasteiger partial charge in [-0.05, 0) is 12.0 Å². The number of carbonyl (C=O) groups is 1. The van der Waals surface area contributed by atoms with Crippen molar-refractivity contribution in [2.45, 2.75) is 19.6 Å². The number of carbonyl (C=O) groups excluding carboxylic acids is 1. The molecule has 146 valence electrons. The Labute approximate surface area is 160 Å². The number of aromatic nitrogens is 4. The summed E-state index contributed by atoms with van der Waals surface area (Å²) in [6.07, 6.45) is 0.760. The third kappa shape index (κ3) is 2.98. The first kappa shape index (κ1) is 18.0. The second kappa shape index (κ2) is 6.99. The second-order valence-electron chi connectivity index (χ2n) is 6.86. The van der Waals surface area contributed by atoms with Crippen molar-refractivity contribution in [3.05, 3.63) is 56.7 Å². The summed E-state index contributed by atoms with van der Waals surface area (Å²) in [4.78, 5) is 43.4. The Morgan fingerprint density at radius 1 is 1.11 bits per heavy atom. The predicted molar refractivity (Wildman–Crippen MR) is 103 cm³/mol. The monoisotopic (exact) mass is 383 g/mol. The third-order valence-electron chi connectivity index (χ3n) is 4.98. The highest BCUT2D eigenvalue weighted by Gasteiger charge is 2.27. The van der Waals surface area contributed by atoms with Gasteiger partial charge in [0.05, 0.1) is 0 Å². The molecule has 1 aliphatic rings. The maximum Gasteiger partial charge on any atom is 0.332 e. The summed E-state index contributed by atoms with van der Waals surface area (Å²) in [7, 11) is 3.03. The van der Waals surface area contributed by atoms with Gasteiger partial charge in [0.1, 0.15) is 13.2 Å². The molecule has 0 bridgehead atoms. The molecular weight excluding hydrogens is 362 g/mol. The highest BCUT2D eigenvalue weighted by Crippen LogP contribution is 2.24. The van der Waals surface area contributed by atoms with Gasteiger partial charge in [-0.25, -0.2) is 4.79 Å². The van der Waals surface area contributed by atoms with Crippen LogP contribution in [0.15, 0.2) is 39.9 Å². The summed E-state index contributed by atoms with van der Waals surface area (Å²) >= 11 is 0. The summed E-state index contributed by atoms with van der Waals surface area (Å²) in [5, 5.41) is 0. The molecular formula is C19H21N5O4. The lowest BCUT2D eigenvalue weighted by atomic mass is 10.2. The zero-order valence-electron chi connectivity index (χ0n) is 15.8. The van der Waals surface area contributed by atoms with E-state index >= 15 is 0 Å². The molecule has 0 spiro atoms. The van der Waals surface area contributed by atoms with Crippen LogP contribution in [-0.4, -0.2) is 37.7 Å². The molecule has 28 heavy (non-hydrogen) atoms. The van der Waals surface area contributed by atoms with Crippen molar-refractivity contribution in [3.63, 3.8) is 0 Å². The topological polar surface area (TPSA) is 91.4 Å². The van der Waals surface area contributed by atoms with Crippen molar-refractivity contribution in [1.82, 2.24) is 18.7 Å². The minimum Gasteiger partial charge on any atom is -0.459 e. The molecule has 0 aliphatic carbocycles. The van der Waals surface area contributed by atoms with Gasteiger partial charge in [0, 0.05) is 27.2 Å². The molecule has 0 amide bonds. The maximum absolute atomic E-state index is 12.6. The minimum atomic E-state index is -0.429. The van der Waals surface area contributed by atoms with Crippen LogP contribution >= 0.6 is 0 Å².